The number of thiophene rings is 1. The van der Waals surface area contributed by atoms with Gasteiger partial charge in [-0.15, -0.1) is 22.7 Å². The van der Waals surface area contributed by atoms with E-state index in [-0.39, 0.29) is 5.56 Å². The van der Waals surface area contributed by atoms with Crippen LogP contribution < -0.4 is 0 Å². The zero-order valence-corrected chi connectivity index (χ0v) is 15.4. The topological polar surface area (TPSA) is 12.9 Å². The second-order valence-electron chi connectivity index (χ2n) is 5.80. The third kappa shape index (κ3) is 4.35. The zero-order valence-electron chi connectivity index (χ0n) is 13.8. The SMILES string of the molecule is Cc1ccc(-c2cnc(-c3cc(C(F)C(F)F)cc(C(F)C(F)F)c3)s2)s1. The van der Waals surface area contributed by atoms with Crippen molar-refractivity contribution in [3.63, 3.8) is 0 Å². The van der Waals surface area contributed by atoms with Crippen LogP contribution in [-0.2, 0) is 0 Å². The first-order chi connectivity index (χ1) is 12.8. The van der Waals surface area contributed by atoms with E-state index in [1.807, 2.05) is 19.1 Å². The van der Waals surface area contributed by atoms with Crippen molar-refractivity contribution in [2.75, 3.05) is 0 Å². The van der Waals surface area contributed by atoms with Crippen LogP contribution >= 0.6 is 22.7 Å². The van der Waals surface area contributed by atoms with Gasteiger partial charge in [-0.1, -0.05) is 0 Å². The lowest BCUT2D eigenvalue weighted by Gasteiger charge is -2.14. The largest absolute Gasteiger partial charge is 0.273 e. The molecule has 0 fully saturated rings. The van der Waals surface area contributed by atoms with Crippen molar-refractivity contribution in [2.45, 2.75) is 32.1 Å². The standard InChI is InChI=1S/C18H13F6NS2/c1-8-2-3-12(26-8)13-7-25-18(27-13)11-5-9(14(19)16(21)22)4-10(6-11)15(20)17(23)24/h2-7,14-17H,1H3. The van der Waals surface area contributed by atoms with Crippen molar-refractivity contribution in [3.05, 3.63) is 52.5 Å². The summed E-state index contributed by atoms with van der Waals surface area (Å²) in [6.07, 6.45) is -10.5. The number of halogens is 6. The van der Waals surface area contributed by atoms with Gasteiger partial charge < -0.3 is 0 Å². The van der Waals surface area contributed by atoms with E-state index >= 15 is 0 Å². The molecule has 0 bridgehead atoms. The molecule has 0 aliphatic heterocycles. The van der Waals surface area contributed by atoms with Crippen molar-refractivity contribution < 1.29 is 26.3 Å². The van der Waals surface area contributed by atoms with Crippen molar-refractivity contribution in [3.8, 4) is 20.3 Å². The smallest absolute Gasteiger partial charge is 0.244 e. The number of benzene rings is 1. The lowest BCUT2D eigenvalue weighted by atomic mass is 10.00. The fourth-order valence-electron chi connectivity index (χ4n) is 2.50. The fraction of sp³-hybridized carbons (Fsp3) is 0.278. The van der Waals surface area contributed by atoms with Gasteiger partial charge in [-0.25, -0.2) is 31.3 Å². The number of nitrogens with zero attached hydrogens (tertiary/aromatic N) is 1. The van der Waals surface area contributed by atoms with Crippen LogP contribution in [0.15, 0.2) is 36.5 Å². The van der Waals surface area contributed by atoms with Crippen molar-refractivity contribution in [1.82, 2.24) is 4.98 Å². The van der Waals surface area contributed by atoms with Crippen LogP contribution in [0.2, 0.25) is 0 Å². The average Bonchev–Trinajstić information content (AvgIpc) is 3.28. The highest BCUT2D eigenvalue weighted by Crippen LogP contribution is 2.39. The number of alkyl halides is 6. The van der Waals surface area contributed by atoms with E-state index in [9.17, 15) is 26.3 Å². The van der Waals surface area contributed by atoms with E-state index in [1.54, 1.807) is 6.20 Å². The molecule has 0 radical (unpaired) electrons. The van der Waals surface area contributed by atoms with E-state index < -0.39 is 36.3 Å². The molecule has 2 aromatic heterocycles. The molecule has 1 nitrogen and oxygen atoms in total. The Morgan fingerprint density at radius 1 is 0.778 bits per heavy atom. The molecule has 3 aromatic rings. The Hall–Kier alpha value is -1.87. The van der Waals surface area contributed by atoms with Crippen LogP contribution in [0, 0.1) is 6.92 Å². The molecule has 0 saturated carbocycles. The van der Waals surface area contributed by atoms with Gasteiger partial charge in [0.05, 0.1) is 4.88 Å². The summed E-state index contributed by atoms with van der Waals surface area (Å²) in [7, 11) is 0. The maximum absolute atomic E-state index is 13.8. The molecule has 2 heterocycles. The van der Waals surface area contributed by atoms with E-state index in [0.29, 0.717) is 11.1 Å². The molecular weight excluding hydrogens is 408 g/mol. The van der Waals surface area contributed by atoms with E-state index in [0.717, 1.165) is 26.8 Å². The summed E-state index contributed by atoms with van der Waals surface area (Å²) in [5.41, 5.74) is -0.979. The number of aryl methyl sites for hydroxylation is 1. The van der Waals surface area contributed by atoms with Crippen molar-refractivity contribution in [1.29, 1.82) is 0 Å². The highest BCUT2D eigenvalue weighted by molar-refractivity contribution is 7.23. The van der Waals surface area contributed by atoms with Crippen molar-refractivity contribution >= 4 is 22.7 Å². The molecule has 3 rings (SSSR count). The quantitative estimate of drug-likeness (QED) is 0.378. The summed E-state index contributed by atoms with van der Waals surface area (Å²) in [6, 6.07) is 6.72. The molecule has 0 amide bonds. The summed E-state index contributed by atoms with van der Waals surface area (Å²) in [5, 5.41) is 0.307. The molecule has 1 aromatic carbocycles. The molecule has 9 heteroatoms. The van der Waals surface area contributed by atoms with Gasteiger partial charge in [-0.2, -0.15) is 0 Å². The van der Waals surface area contributed by atoms with Crippen LogP contribution in [0.5, 0.6) is 0 Å². The zero-order chi connectivity index (χ0) is 19.7. The third-order valence-corrected chi connectivity index (χ3v) is 6.04. The normalized spacial score (nSPS) is 14.1. The van der Waals surface area contributed by atoms with Crippen LogP contribution in [0.3, 0.4) is 0 Å². The van der Waals surface area contributed by atoms with E-state index in [1.165, 1.54) is 22.7 Å². The maximum atomic E-state index is 13.8. The lowest BCUT2D eigenvalue weighted by Crippen LogP contribution is -2.08. The van der Waals surface area contributed by atoms with Crippen molar-refractivity contribution in [2.24, 2.45) is 0 Å². The Balaban J connectivity index is 2.04. The Labute approximate surface area is 159 Å². The number of hydrogen-bond acceptors (Lipinski definition) is 3. The summed E-state index contributed by atoms with van der Waals surface area (Å²) >= 11 is 2.71. The predicted octanol–water partition coefficient (Wildman–Crippen LogP) is 7.40. The van der Waals surface area contributed by atoms with Gasteiger partial charge in [-0.3, -0.25) is 0 Å². The highest BCUT2D eigenvalue weighted by Gasteiger charge is 2.27. The Kier molecular flexibility index (Phi) is 5.90. The molecule has 0 aliphatic rings. The molecule has 2 atom stereocenters. The maximum Gasteiger partial charge on any atom is 0.273 e. The molecular formula is C18H13F6NS2. The number of thiazole rings is 1. The molecule has 0 spiro atoms. The summed E-state index contributed by atoms with van der Waals surface area (Å²) < 4.78 is 78.5. The predicted molar refractivity (Wildman–Crippen MR) is 95.3 cm³/mol. The lowest BCUT2D eigenvalue weighted by molar-refractivity contribution is 0.0461. The molecule has 0 N–H and O–H groups in total. The first-order valence-corrected chi connectivity index (χ1v) is 9.42. The molecule has 144 valence electrons. The van der Waals surface area contributed by atoms with Crippen LogP contribution in [0.25, 0.3) is 20.3 Å². The summed E-state index contributed by atoms with van der Waals surface area (Å²) in [6.45, 7) is 1.93. The monoisotopic (exact) mass is 421 g/mol. The minimum Gasteiger partial charge on any atom is -0.244 e. The van der Waals surface area contributed by atoms with Crippen LogP contribution in [-0.4, -0.2) is 17.8 Å². The average molecular weight is 421 g/mol. The summed E-state index contributed by atoms with van der Waals surface area (Å²) in [4.78, 5) is 6.96. The third-order valence-electron chi connectivity index (χ3n) is 3.79. The van der Waals surface area contributed by atoms with Crippen LogP contribution in [0.4, 0.5) is 26.3 Å². The number of hydrogen-bond donors (Lipinski definition) is 0. The minimum atomic E-state index is -3.35. The number of aromatic nitrogens is 1. The molecule has 0 saturated heterocycles. The highest BCUT2D eigenvalue weighted by atomic mass is 32.1. The summed E-state index contributed by atoms with van der Waals surface area (Å²) in [5.74, 6) is 0. The first kappa shape index (κ1) is 19.9. The van der Waals surface area contributed by atoms with Crippen LogP contribution in [0.1, 0.15) is 28.3 Å². The second kappa shape index (κ2) is 8.02. The van der Waals surface area contributed by atoms with E-state index in [4.69, 9.17) is 0 Å². The number of rotatable bonds is 6. The van der Waals surface area contributed by atoms with Gasteiger partial charge in [0.15, 0.2) is 12.3 Å². The fourth-order valence-corrected chi connectivity index (χ4v) is 4.34. The van der Waals surface area contributed by atoms with Gasteiger partial charge >= 0.3 is 0 Å². The van der Waals surface area contributed by atoms with Gasteiger partial charge in [0, 0.05) is 21.5 Å². The van der Waals surface area contributed by atoms with Gasteiger partial charge in [0.1, 0.15) is 5.01 Å². The Morgan fingerprint density at radius 2 is 1.37 bits per heavy atom. The Bertz CT molecular complexity index is 888. The van der Waals surface area contributed by atoms with Gasteiger partial charge in [-0.05, 0) is 48.4 Å². The van der Waals surface area contributed by atoms with E-state index in [2.05, 4.69) is 4.98 Å². The molecule has 27 heavy (non-hydrogen) atoms. The molecule has 2 unspecified atom stereocenters. The first-order valence-electron chi connectivity index (χ1n) is 7.78. The van der Waals surface area contributed by atoms with Gasteiger partial charge in [0.25, 0.3) is 12.9 Å². The van der Waals surface area contributed by atoms with Gasteiger partial charge in [0.2, 0.25) is 0 Å². The Morgan fingerprint density at radius 3 is 1.85 bits per heavy atom. The second-order valence-corrected chi connectivity index (χ2v) is 8.12. The minimum absolute atomic E-state index is 0.124. The molecule has 0 aliphatic carbocycles.